The number of carboxylic acid groups (broad SMARTS) is 1. The molecule has 0 amide bonds. The summed E-state index contributed by atoms with van der Waals surface area (Å²) in [5.74, 6) is 0.541. The number of aliphatic carboxylic acids is 1. The highest BCUT2D eigenvalue weighted by molar-refractivity contribution is 5.73. The summed E-state index contributed by atoms with van der Waals surface area (Å²) in [6.45, 7) is 22.6. The first-order chi connectivity index (χ1) is 22.9. The topological polar surface area (TPSA) is 129 Å². The fourth-order valence-electron chi connectivity index (χ4n) is 12.9. The molecule has 49 heavy (non-hydrogen) atoms. The first-order valence-electron chi connectivity index (χ1n) is 19.3. The number of rotatable bonds is 10. The Labute approximate surface area is 295 Å². The largest absolute Gasteiger partial charge is 0.481 e. The van der Waals surface area contributed by atoms with Gasteiger partial charge in [0.15, 0.2) is 0 Å². The molecule has 11 atom stereocenters. The Kier molecular flexibility index (Phi) is 9.21. The molecule has 6 rings (SSSR count). The summed E-state index contributed by atoms with van der Waals surface area (Å²) in [7, 11) is 4.31. The Morgan fingerprint density at radius 1 is 1.12 bits per heavy atom. The van der Waals surface area contributed by atoms with Gasteiger partial charge in [-0.3, -0.25) is 4.79 Å². The Hall–Kier alpha value is -2.04. The van der Waals surface area contributed by atoms with Crippen molar-refractivity contribution in [1.29, 1.82) is 0 Å². The van der Waals surface area contributed by atoms with E-state index in [4.69, 9.17) is 15.2 Å². The van der Waals surface area contributed by atoms with Crippen LogP contribution in [0.2, 0.25) is 0 Å². The monoisotopic (exact) mass is 683 g/mol. The molecule has 10 heteroatoms. The first-order valence-corrected chi connectivity index (χ1v) is 19.3. The van der Waals surface area contributed by atoms with Crippen molar-refractivity contribution in [2.24, 2.45) is 56.7 Å². The van der Waals surface area contributed by atoms with E-state index in [0.29, 0.717) is 43.5 Å². The van der Waals surface area contributed by atoms with Crippen LogP contribution in [0.25, 0.3) is 0 Å². The minimum Gasteiger partial charge on any atom is -0.481 e. The van der Waals surface area contributed by atoms with Crippen LogP contribution in [-0.2, 0) is 14.3 Å². The summed E-state index contributed by atoms with van der Waals surface area (Å²) in [6.07, 6.45) is 9.99. The normalized spacial score (nSPS) is 42.6. The number of nitrogens with zero attached hydrogens (tertiary/aromatic N) is 5. The number of ether oxygens (including phenoxy) is 2. The van der Waals surface area contributed by atoms with E-state index >= 15 is 0 Å². The second-order valence-electron chi connectivity index (χ2n) is 18.6. The molecule has 5 aliphatic rings. The quantitative estimate of drug-likeness (QED) is 0.254. The highest BCUT2D eigenvalue weighted by atomic mass is 16.5. The van der Waals surface area contributed by atoms with E-state index < -0.39 is 11.9 Å². The van der Waals surface area contributed by atoms with Crippen LogP contribution < -0.4 is 5.73 Å². The summed E-state index contributed by atoms with van der Waals surface area (Å²) in [4.78, 5) is 17.5. The molecule has 2 bridgehead atoms. The van der Waals surface area contributed by atoms with Crippen LogP contribution in [0.3, 0.4) is 0 Å². The van der Waals surface area contributed by atoms with Crippen LogP contribution in [-0.4, -0.2) is 81.7 Å². The number of nitrogens with two attached hydrogens (primary N) is 1. The van der Waals surface area contributed by atoms with E-state index in [-0.39, 0.29) is 50.7 Å². The second-order valence-corrected chi connectivity index (χ2v) is 18.6. The Bertz CT molecular complexity index is 1440. The number of nitrogen functional groups attached to an aromatic ring is 1. The summed E-state index contributed by atoms with van der Waals surface area (Å²) < 4.78 is 13.9. The van der Waals surface area contributed by atoms with Crippen LogP contribution in [0.5, 0.6) is 0 Å². The van der Waals surface area contributed by atoms with Gasteiger partial charge in [0.05, 0.1) is 31.8 Å². The van der Waals surface area contributed by atoms with E-state index in [1.807, 2.05) is 0 Å². The minimum atomic E-state index is -0.624. The standard InChI is InChI=1S/C39H66N6O4/c1-12-38(13-2,44(10)11)22-49-31-28(45-42-33(40)41-43-45)20-39-23-48-21-35(31,7)29(39)15-14-26-27(39)16-17-37(9)30(32(46)47)34(6,25(5)24(3)4)18-19-36(26,37)8/h16,24-26,28-31H,12-15,17-23H2,1-11H3,(H2,40,42)(H,46,47)/t25-,26+,28-,29+,30-,31+,34-,35-,36-,37+,39+/m1/s1. The maximum absolute atomic E-state index is 13.5. The maximum atomic E-state index is 13.5. The number of carboxylic acids is 1. The highest BCUT2D eigenvalue weighted by Gasteiger charge is 2.72. The zero-order valence-electron chi connectivity index (χ0n) is 32.4. The summed E-state index contributed by atoms with van der Waals surface area (Å²) in [5, 5.41) is 24.3. The third kappa shape index (κ3) is 5.02. The summed E-state index contributed by atoms with van der Waals surface area (Å²) >= 11 is 0. The van der Waals surface area contributed by atoms with Gasteiger partial charge in [-0.1, -0.05) is 79.1 Å². The van der Waals surface area contributed by atoms with Crippen LogP contribution >= 0.6 is 0 Å². The van der Waals surface area contributed by atoms with Gasteiger partial charge in [0.25, 0.3) is 5.95 Å². The fraction of sp³-hybridized carbons (Fsp3) is 0.897. The van der Waals surface area contributed by atoms with Crippen molar-refractivity contribution >= 4 is 11.9 Å². The molecule has 4 fully saturated rings. The molecular weight excluding hydrogens is 616 g/mol. The number of hydrogen-bond acceptors (Lipinski definition) is 8. The third-order valence-corrected chi connectivity index (χ3v) is 16.6. The van der Waals surface area contributed by atoms with Crippen molar-refractivity contribution in [3.05, 3.63) is 11.6 Å². The van der Waals surface area contributed by atoms with Gasteiger partial charge in [0, 0.05) is 16.4 Å². The zero-order chi connectivity index (χ0) is 35.9. The third-order valence-electron chi connectivity index (χ3n) is 16.6. The van der Waals surface area contributed by atoms with Crippen LogP contribution in [0.1, 0.15) is 120 Å². The zero-order valence-corrected chi connectivity index (χ0v) is 32.4. The fourth-order valence-corrected chi connectivity index (χ4v) is 12.9. The minimum absolute atomic E-state index is 0.0777. The van der Waals surface area contributed by atoms with E-state index in [1.165, 1.54) is 5.57 Å². The average molecular weight is 683 g/mol. The maximum Gasteiger partial charge on any atom is 0.307 e. The molecular formula is C39H66N6O4. The second kappa shape index (κ2) is 12.3. The Morgan fingerprint density at radius 2 is 1.82 bits per heavy atom. The molecule has 1 saturated heterocycles. The molecule has 2 heterocycles. The number of carbonyl (C=O) groups is 1. The number of tetrazole rings is 1. The predicted molar refractivity (Wildman–Crippen MR) is 192 cm³/mol. The lowest BCUT2D eigenvalue weighted by Gasteiger charge is -2.71. The van der Waals surface area contributed by atoms with E-state index in [1.54, 1.807) is 4.80 Å². The molecule has 0 spiro atoms. The van der Waals surface area contributed by atoms with Gasteiger partial charge < -0.3 is 25.2 Å². The summed E-state index contributed by atoms with van der Waals surface area (Å²) in [5.41, 5.74) is 6.27. The van der Waals surface area contributed by atoms with Crippen molar-refractivity contribution < 1.29 is 19.4 Å². The van der Waals surface area contributed by atoms with Gasteiger partial charge in [-0.25, -0.2) is 0 Å². The number of aromatic nitrogens is 4. The van der Waals surface area contributed by atoms with Crippen molar-refractivity contribution in [2.75, 3.05) is 39.6 Å². The van der Waals surface area contributed by atoms with Crippen LogP contribution in [0.15, 0.2) is 11.6 Å². The van der Waals surface area contributed by atoms with E-state index in [9.17, 15) is 9.90 Å². The van der Waals surface area contributed by atoms with Gasteiger partial charge in [0.2, 0.25) is 0 Å². The number of fused-ring (bicyclic) bond motifs is 3. The molecule has 3 N–H and O–H groups in total. The molecule has 3 saturated carbocycles. The first kappa shape index (κ1) is 36.7. The molecule has 276 valence electrons. The molecule has 1 aliphatic heterocycles. The molecule has 4 aliphatic carbocycles. The number of anilines is 1. The van der Waals surface area contributed by atoms with Crippen LogP contribution in [0.4, 0.5) is 5.95 Å². The van der Waals surface area contributed by atoms with Gasteiger partial charge in [0.1, 0.15) is 6.04 Å². The molecule has 1 aromatic rings. The lowest BCUT2D eigenvalue weighted by Crippen LogP contribution is -2.69. The summed E-state index contributed by atoms with van der Waals surface area (Å²) in [6, 6.07) is -0.155. The molecule has 0 radical (unpaired) electrons. The van der Waals surface area contributed by atoms with Gasteiger partial charge in [-0.15, -0.1) is 5.10 Å². The number of likely N-dealkylation sites (N-methyl/N-ethyl adjacent to an activating group) is 1. The number of hydrogen-bond donors (Lipinski definition) is 2. The highest BCUT2D eigenvalue weighted by Crippen LogP contribution is 2.75. The Morgan fingerprint density at radius 3 is 2.39 bits per heavy atom. The van der Waals surface area contributed by atoms with Crippen molar-refractivity contribution in [1.82, 2.24) is 25.1 Å². The van der Waals surface area contributed by atoms with Crippen molar-refractivity contribution in [3.8, 4) is 0 Å². The molecule has 1 aromatic heterocycles. The predicted octanol–water partition coefficient (Wildman–Crippen LogP) is 6.89. The average Bonchev–Trinajstić information content (AvgIpc) is 3.48. The molecule has 10 nitrogen and oxygen atoms in total. The van der Waals surface area contributed by atoms with E-state index in [0.717, 1.165) is 51.4 Å². The van der Waals surface area contributed by atoms with Crippen LogP contribution in [0, 0.1) is 56.7 Å². The molecule has 0 aromatic carbocycles. The molecule has 0 unspecified atom stereocenters. The van der Waals surface area contributed by atoms with Crippen molar-refractivity contribution in [2.45, 2.75) is 131 Å². The van der Waals surface area contributed by atoms with Crippen molar-refractivity contribution in [3.63, 3.8) is 0 Å². The number of allylic oxidation sites excluding steroid dienone is 1. The Balaban J connectivity index is 1.44. The van der Waals surface area contributed by atoms with E-state index in [2.05, 4.69) is 103 Å². The lowest BCUT2D eigenvalue weighted by molar-refractivity contribution is -0.255. The lowest BCUT2D eigenvalue weighted by atomic mass is 9.34. The van der Waals surface area contributed by atoms with Gasteiger partial charge in [-0.05, 0) is 111 Å². The SMILES string of the molecule is CCC(CC)(CO[C@H]1[C@H](n2nnc(N)n2)C[C@@]23COC[C@]1(C)[C@@H]2CC[C@H]1C3=CC[C@@]2(C)[C@H](C(=O)O)[C@@](C)([C@H](C)C(C)C)CC[C@]12C)N(C)C. The van der Waals surface area contributed by atoms with Gasteiger partial charge in [-0.2, -0.15) is 4.80 Å². The smallest absolute Gasteiger partial charge is 0.307 e. The van der Waals surface area contributed by atoms with Gasteiger partial charge >= 0.3 is 5.97 Å².